The summed E-state index contributed by atoms with van der Waals surface area (Å²) < 4.78 is 6.91. The highest BCUT2D eigenvalue weighted by molar-refractivity contribution is 9.11. The summed E-state index contributed by atoms with van der Waals surface area (Å²) in [5.41, 5.74) is 7.52. The molecule has 116 valence electrons. The molecule has 0 aromatic heterocycles. The summed E-state index contributed by atoms with van der Waals surface area (Å²) in [6.45, 7) is 0. The first-order valence-corrected chi connectivity index (χ1v) is 8.82. The molecule has 1 aromatic rings. The number of hydrogen-bond acceptors (Lipinski definition) is 3. The van der Waals surface area contributed by atoms with Gasteiger partial charge in [0.05, 0.1) is 13.5 Å². The van der Waals surface area contributed by atoms with Crippen molar-refractivity contribution in [3.63, 3.8) is 0 Å². The Morgan fingerprint density at radius 3 is 2.67 bits per heavy atom. The number of carbonyl (C=O) groups is 1. The molecule has 1 atom stereocenters. The second-order valence-corrected chi connectivity index (χ2v) is 7.71. The molecule has 1 aliphatic carbocycles. The first kappa shape index (κ1) is 17.0. The van der Waals surface area contributed by atoms with E-state index in [4.69, 9.17) is 10.5 Å². The van der Waals surface area contributed by atoms with Crippen molar-refractivity contribution >= 4 is 37.8 Å². The van der Waals surface area contributed by atoms with E-state index in [0.29, 0.717) is 6.42 Å². The van der Waals surface area contributed by atoms with Crippen LogP contribution in [0.1, 0.15) is 50.1 Å². The minimum absolute atomic E-state index is 0.00569. The fraction of sp³-hybridized carbons (Fsp3) is 0.562. The van der Waals surface area contributed by atoms with E-state index in [1.807, 2.05) is 12.1 Å². The van der Waals surface area contributed by atoms with Crippen LogP contribution in [0.15, 0.2) is 27.1 Å². The fourth-order valence-electron chi connectivity index (χ4n) is 3.33. The van der Waals surface area contributed by atoms with Crippen molar-refractivity contribution < 1.29 is 9.53 Å². The van der Waals surface area contributed by atoms with E-state index >= 15 is 0 Å². The standard InChI is InChI=1S/C16H21Br2NO2/c1-21-15(20)10-16(6-2-3-7-16)9-14(19)12-8-11(17)4-5-13(12)18/h4-5,8,14H,2-3,6-7,9-10,19H2,1H3. The van der Waals surface area contributed by atoms with Crippen LogP contribution in [0.2, 0.25) is 0 Å². The van der Waals surface area contributed by atoms with Crippen LogP contribution in [0.4, 0.5) is 0 Å². The number of carbonyl (C=O) groups excluding carboxylic acids is 1. The van der Waals surface area contributed by atoms with Gasteiger partial charge in [0, 0.05) is 15.0 Å². The molecule has 1 aromatic carbocycles. The zero-order valence-electron chi connectivity index (χ0n) is 12.2. The molecule has 21 heavy (non-hydrogen) atoms. The van der Waals surface area contributed by atoms with E-state index in [0.717, 1.165) is 33.8 Å². The molecule has 1 saturated carbocycles. The molecule has 5 heteroatoms. The quantitative estimate of drug-likeness (QED) is 0.703. The van der Waals surface area contributed by atoms with Gasteiger partial charge in [-0.15, -0.1) is 0 Å². The van der Waals surface area contributed by atoms with Gasteiger partial charge in [0.25, 0.3) is 0 Å². The highest BCUT2D eigenvalue weighted by atomic mass is 79.9. The molecule has 2 N–H and O–H groups in total. The predicted octanol–water partition coefficient (Wildman–Crippen LogP) is 4.73. The van der Waals surface area contributed by atoms with Crippen molar-refractivity contribution in [1.29, 1.82) is 0 Å². The monoisotopic (exact) mass is 417 g/mol. The summed E-state index contributed by atoms with van der Waals surface area (Å²) in [5, 5.41) is 0. The molecule has 3 nitrogen and oxygen atoms in total. The lowest BCUT2D eigenvalue weighted by Gasteiger charge is -2.31. The van der Waals surface area contributed by atoms with E-state index < -0.39 is 0 Å². The van der Waals surface area contributed by atoms with E-state index in [1.165, 1.54) is 20.0 Å². The van der Waals surface area contributed by atoms with Crippen LogP contribution in [0.25, 0.3) is 0 Å². The summed E-state index contributed by atoms with van der Waals surface area (Å²) in [6, 6.07) is 5.95. The zero-order chi connectivity index (χ0) is 15.5. The Hall–Kier alpha value is -0.390. The number of esters is 1. The Balaban J connectivity index is 2.16. The largest absolute Gasteiger partial charge is 0.469 e. The van der Waals surface area contributed by atoms with Gasteiger partial charge in [-0.3, -0.25) is 4.79 Å². The number of rotatable bonds is 5. The lowest BCUT2D eigenvalue weighted by atomic mass is 9.76. The van der Waals surface area contributed by atoms with Crippen LogP contribution in [0.5, 0.6) is 0 Å². The number of methoxy groups -OCH3 is 1. The number of halogens is 2. The van der Waals surface area contributed by atoms with Crippen molar-refractivity contribution in [3.05, 3.63) is 32.7 Å². The van der Waals surface area contributed by atoms with Gasteiger partial charge in [-0.05, 0) is 48.4 Å². The van der Waals surface area contributed by atoms with E-state index in [1.54, 1.807) is 0 Å². The smallest absolute Gasteiger partial charge is 0.306 e. The van der Waals surface area contributed by atoms with Crippen molar-refractivity contribution in [2.75, 3.05) is 7.11 Å². The second-order valence-electron chi connectivity index (χ2n) is 5.94. The van der Waals surface area contributed by atoms with Crippen molar-refractivity contribution in [2.24, 2.45) is 11.1 Å². The molecular formula is C16H21Br2NO2. The Labute approximate surface area is 142 Å². The third-order valence-corrected chi connectivity index (χ3v) is 5.64. The average Bonchev–Trinajstić information content (AvgIpc) is 2.89. The molecule has 0 aliphatic heterocycles. The maximum Gasteiger partial charge on any atom is 0.306 e. The molecule has 0 saturated heterocycles. The van der Waals surface area contributed by atoms with Crippen LogP contribution >= 0.6 is 31.9 Å². The number of nitrogens with two attached hydrogens (primary N) is 1. The van der Waals surface area contributed by atoms with Crippen LogP contribution in [-0.2, 0) is 9.53 Å². The first-order valence-electron chi connectivity index (χ1n) is 7.23. The van der Waals surface area contributed by atoms with Crippen molar-refractivity contribution in [2.45, 2.75) is 44.6 Å². The van der Waals surface area contributed by atoms with Gasteiger partial charge in [0.2, 0.25) is 0 Å². The molecule has 1 fully saturated rings. The summed E-state index contributed by atoms with van der Waals surface area (Å²) in [4.78, 5) is 11.7. The van der Waals surface area contributed by atoms with Gasteiger partial charge in [0.15, 0.2) is 0 Å². The predicted molar refractivity (Wildman–Crippen MR) is 90.9 cm³/mol. The van der Waals surface area contributed by atoms with Gasteiger partial charge in [-0.25, -0.2) is 0 Å². The molecule has 1 unspecified atom stereocenters. The third-order valence-electron chi connectivity index (χ3n) is 4.42. The molecule has 1 aliphatic rings. The highest BCUT2D eigenvalue weighted by Crippen LogP contribution is 2.47. The molecule has 0 amide bonds. The average molecular weight is 419 g/mol. The summed E-state index contributed by atoms with van der Waals surface area (Å²) >= 11 is 7.06. The second kappa shape index (κ2) is 7.25. The van der Waals surface area contributed by atoms with Crippen molar-refractivity contribution in [3.8, 4) is 0 Å². The van der Waals surface area contributed by atoms with Gasteiger partial charge in [0.1, 0.15) is 0 Å². The normalized spacial score (nSPS) is 18.5. The van der Waals surface area contributed by atoms with E-state index in [2.05, 4.69) is 37.9 Å². The molecule has 0 spiro atoms. The van der Waals surface area contributed by atoms with Crippen LogP contribution in [0, 0.1) is 5.41 Å². The minimum Gasteiger partial charge on any atom is -0.469 e. The molecule has 0 heterocycles. The van der Waals surface area contributed by atoms with Gasteiger partial charge < -0.3 is 10.5 Å². The zero-order valence-corrected chi connectivity index (χ0v) is 15.4. The van der Waals surface area contributed by atoms with E-state index in [9.17, 15) is 4.79 Å². The maximum atomic E-state index is 11.7. The Morgan fingerprint density at radius 1 is 1.38 bits per heavy atom. The van der Waals surface area contributed by atoms with E-state index in [-0.39, 0.29) is 17.4 Å². The lowest BCUT2D eigenvalue weighted by molar-refractivity contribution is -0.143. The van der Waals surface area contributed by atoms with Crippen LogP contribution < -0.4 is 5.73 Å². The Morgan fingerprint density at radius 2 is 2.05 bits per heavy atom. The number of hydrogen-bond donors (Lipinski definition) is 1. The number of ether oxygens (including phenoxy) is 1. The molecule has 2 rings (SSSR count). The van der Waals surface area contributed by atoms with Gasteiger partial charge in [-0.1, -0.05) is 44.7 Å². The highest BCUT2D eigenvalue weighted by Gasteiger charge is 2.38. The molecule has 0 bridgehead atoms. The van der Waals surface area contributed by atoms with Crippen LogP contribution in [0.3, 0.4) is 0 Å². The SMILES string of the molecule is COC(=O)CC1(CC(N)c2cc(Br)ccc2Br)CCCC1. The first-order chi connectivity index (χ1) is 9.96. The molecular weight excluding hydrogens is 398 g/mol. The Kier molecular flexibility index (Phi) is 5.86. The molecule has 0 radical (unpaired) electrons. The lowest BCUT2D eigenvalue weighted by Crippen LogP contribution is -2.27. The van der Waals surface area contributed by atoms with Crippen molar-refractivity contribution in [1.82, 2.24) is 0 Å². The maximum absolute atomic E-state index is 11.7. The topological polar surface area (TPSA) is 52.3 Å². The number of benzene rings is 1. The summed E-state index contributed by atoms with van der Waals surface area (Å²) in [7, 11) is 1.45. The van der Waals surface area contributed by atoms with Gasteiger partial charge >= 0.3 is 5.97 Å². The Bertz CT molecular complexity index is 513. The third kappa shape index (κ3) is 4.30. The van der Waals surface area contributed by atoms with Gasteiger partial charge in [-0.2, -0.15) is 0 Å². The summed E-state index contributed by atoms with van der Waals surface area (Å²) in [6.07, 6.45) is 5.75. The fourth-order valence-corrected chi connectivity index (χ4v) is 4.25. The van der Waals surface area contributed by atoms with Crippen LogP contribution in [-0.4, -0.2) is 13.1 Å². The minimum atomic E-state index is -0.127. The summed E-state index contributed by atoms with van der Waals surface area (Å²) in [5.74, 6) is -0.127.